The van der Waals surface area contributed by atoms with Crippen molar-refractivity contribution in [2.24, 2.45) is 17.8 Å². The molecule has 1 aliphatic carbocycles. The van der Waals surface area contributed by atoms with Crippen molar-refractivity contribution in [3.8, 4) is 0 Å². The summed E-state index contributed by atoms with van der Waals surface area (Å²) in [6.07, 6.45) is 6.82. The Hall–Kier alpha value is -1.07. The Bertz CT molecular complexity index is 391. The van der Waals surface area contributed by atoms with Gasteiger partial charge in [0.1, 0.15) is 0 Å². The van der Waals surface area contributed by atoms with Crippen LogP contribution in [0.1, 0.15) is 19.8 Å². The third-order valence-corrected chi connectivity index (χ3v) is 5.18. The highest BCUT2D eigenvalue weighted by Gasteiger charge is 2.35. The second-order valence-electron chi connectivity index (χ2n) is 7.07. The van der Waals surface area contributed by atoms with Gasteiger partial charge < -0.3 is 15.0 Å². The van der Waals surface area contributed by atoms with E-state index in [0.717, 1.165) is 65.3 Å². The van der Waals surface area contributed by atoms with Gasteiger partial charge in [0.15, 0.2) is 0 Å². The van der Waals surface area contributed by atoms with Gasteiger partial charge in [0.2, 0.25) is 0 Å². The van der Waals surface area contributed by atoms with E-state index in [1.165, 1.54) is 0 Å². The molecule has 3 aliphatic rings. The lowest BCUT2D eigenvalue weighted by Crippen LogP contribution is -2.44. The minimum atomic E-state index is 0.128. The number of allylic oxidation sites excluding steroid dienone is 2. The zero-order valence-electron chi connectivity index (χ0n) is 13.7. The van der Waals surface area contributed by atoms with Crippen molar-refractivity contribution < 1.29 is 9.53 Å². The monoisotopic (exact) mass is 307 g/mol. The van der Waals surface area contributed by atoms with E-state index in [1.807, 2.05) is 4.90 Å². The molecule has 0 aromatic carbocycles. The third-order valence-electron chi connectivity index (χ3n) is 5.18. The number of morpholine rings is 1. The van der Waals surface area contributed by atoms with E-state index < -0.39 is 0 Å². The molecule has 3 rings (SSSR count). The first kappa shape index (κ1) is 15.8. The summed E-state index contributed by atoms with van der Waals surface area (Å²) in [4.78, 5) is 16.8. The number of fused-ring (bicyclic) bond motifs is 1. The molecule has 3 atom stereocenters. The Morgan fingerprint density at radius 1 is 1.23 bits per heavy atom. The van der Waals surface area contributed by atoms with E-state index in [1.54, 1.807) is 0 Å². The van der Waals surface area contributed by atoms with Gasteiger partial charge in [-0.15, -0.1) is 0 Å². The number of urea groups is 1. The van der Waals surface area contributed by atoms with Crippen LogP contribution in [-0.2, 0) is 4.74 Å². The number of amides is 2. The Labute approximate surface area is 133 Å². The van der Waals surface area contributed by atoms with Gasteiger partial charge in [0.05, 0.1) is 13.2 Å². The summed E-state index contributed by atoms with van der Waals surface area (Å²) < 4.78 is 5.37. The lowest BCUT2D eigenvalue weighted by Gasteiger charge is -2.29. The highest BCUT2D eigenvalue weighted by Crippen LogP contribution is 2.32. The molecule has 0 spiro atoms. The maximum Gasteiger partial charge on any atom is 0.317 e. The van der Waals surface area contributed by atoms with Crippen molar-refractivity contribution in [1.82, 2.24) is 15.1 Å². The summed E-state index contributed by atoms with van der Waals surface area (Å²) in [6, 6.07) is 0.128. The maximum atomic E-state index is 12.3. The van der Waals surface area contributed by atoms with Crippen LogP contribution in [0.2, 0.25) is 0 Å². The molecule has 22 heavy (non-hydrogen) atoms. The van der Waals surface area contributed by atoms with Gasteiger partial charge >= 0.3 is 6.03 Å². The predicted molar refractivity (Wildman–Crippen MR) is 86.7 cm³/mol. The molecule has 2 saturated heterocycles. The van der Waals surface area contributed by atoms with E-state index in [9.17, 15) is 4.79 Å². The summed E-state index contributed by atoms with van der Waals surface area (Å²) in [6.45, 7) is 9.58. The Balaban J connectivity index is 1.37. The fourth-order valence-electron chi connectivity index (χ4n) is 3.84. The van der Waals surface area contributed by atoms with Crippen molar-refractivity contribution in [3.05, 3.63) is 12.2 Å². The molecule has 0 saturated carbocycles. The minimum absolute atomic E-state index is 0.128. The maximum absolute atomic E-state index is 12.3. The van der Waals surface area contributed by atoms with Crippen molar-refractivity contribution in [1.29, 1.82) is 0 Å². The Morgan fingerprint density at radius 3 is 2.50 bits per heavy atom. The lowest BCUT2D eigenvalue weighted by molar-refractivity contribution is 0.0319. The molecule has 2 heterocycles. The van der Waals surface area contributed by atoms with E-state index in [4.69, 9.17) is 4.74 Å². The summed E-state index contributed by atoms with van der Waals surface area (Å²) in [5.74, 6) is 1.84. The van der Waals surface area contributed by atoms with Gasteiger partial charge in [0, 0.05) is 39.3 Å². The molecule has 124 valence electrons. The summed E-state index contributed by atoms with van der Waals surface area (Å²) in [7, 11) is 0. The van der Waals surface area contributed by atoms with E-state index in [-0.39, 0.29) is 6.03 Å². The Morgan fingerprint density at radius 2 is 1.86 bits per heavy atom. The van der Waals surface area contributed by atoms with Crippen molar-refractivity contribution in [3.63, 3.8) is 0 Å². The number of carbonyl (C=O) groups excluding carboxylic acids is 1. The SMILES string of the molecule is C[C@H](CNC(=O)N1C[C@H]2CC=CC[C@H]2C1)CN1CCOCC1. The summed E-state index contributed by atoms with van der Waals surface area (Å²) in [5.41, 5.74) is 0. The molecule has 0 unspecified atom stereocenters. The van der Waals surface area contributed by atoms with Crippen molar-refractivity contribution in [2.75, 3.05) is 52.5 Å². The number of nitrogens with zero attached hydrogens (tertiary/aromatic N) is 2. The van der Waals surface area contributed by atoms with Crippen LogP contribution in [0.4, 0.5) is 4.79 Å². The van der Waals surface area contributed by atoms with Crippen LogP contribution in [0.3, 0.4) is 0 Å². The number of carbonyl (C=O) groups is 1. The van der Waals surface area contributed by atoms with Crippen LogP contribution >= 0.6 is 0 Å². The number of hydrogen-bond donors (Lipinski definition) is 1. The van der Waals surface area contributed by atoms with Crippen LogP contribution in [0.15, 0.2) is 12.2 Å². The van der Waals surface area contributed by atoms with Crippen molar-refractivity contribution >= 4 is 6.03 Å². The van der Waals surface area contributed by atoms with Crippen LogP contribution in [0.25, 0.3) is 0 Å². The first-order valence-electron chi connectivity index (χ1n) is 8.70. The van der Waals surface area contributed by atoms with Crippen LogP contribution in [0, 0.1) is 17.8 Å². The number of rotatable bonds is 4. The van der Waals surface area contributed by atoms with Gasteiger partial charge in [-0.2, -0.15) is 0 Å². The molecule has 0 bridgehead atoms. The normalized spacial score (nSPS) is 30.1. The first-order chi connectivity index (χ1) is 10.7. The topological polar surface area (TPSA) is 44.8 Å². The number of ether oxygens (including phenoxy) is 1. The minimum Gasteiger partial charge on any atom is -0.379 e. The third kappa shape index (κ3) is 4.02. The highest BCUT2D eigenvalue weighted by molar-refractivity contribution is 5.74. The number of hydrogen-bond acceptors (Lipinski definition) is 3. The van der Waals surface area contributed by atoms with Gasteiger partial charge in [-0.3, -0.25) is 4.90 Å². The van der Waals surface area contributed by atoms with Crippen LogP contribution < -0.4 is 5.32 Å². The lowest BCUT2D eigenvalue weighted by atomic mass is 9.86. The smallest absolute Gasteiger partial charge is 0.317 e. The summed E-state index contributed by atoms with van der Waals surface area (Å²) >= 11 is 0. The van der Waals surface area contributed by atoms with Gasteiger partial charge in [-0.05, 0) is 30.6 Å². The van der Waals surface area contributed by atoms with E-state index in [2.05, 4.69) is 29.3 Å². The molecule has 5 nitrogen and oxygen atoms in total. The van der Waals surface area contributed by atoms with Gasteiger partial charge in [-0.1, -0.05) is 19.1 Å². The van der Waals surface area contributed by atoms with Crippen molar-refractivity contribution in [2.45, 2.75) is 19.8 Å². The molecule has 1 N–H and O–H groups in total. The fourth-order valence-corrected chi connectivity index (χ4v) is 3.84. The van der Waals surface area contributed by atoms with Crippen LogP contribution in [-0.4, -0.2) is 68.3 Å². The molecule has 0 aromatic heterocycles. The molecular formula is C17H29N3O2. The van der Waals surface area contributed by atoms with E-state index >= 15 is 0 Å². The quantitative estimate of drug-likeness (QED) is 0.802. The number of likely N-dealkylation sites (tertiary alicyclic amines) is 1. The van der Waals surface area contributed by atoms with Crippen LogP contribution in [0.5, 0.6) is 0 Å². The fraction of sp³-hybridized carbons (Fsp3) is 0.824. The molecule has 0 radical (unpaired) electrons. The average molecular weight is 307 g/mol. The zero-order chi connectivity index (χ0) is 15.4. The predicted octanol–water partition coefficient (Wildman–Crippen LogP) is 1.56. The van der Waals surface area contributed by atoms with E-state index in [0.29, 0.717) is 17.8 Å². The molecule has 2 aliphatic heterocycles. The summed E-state index contributed by atoms with van der Waals surface area (Å²) in [5, 5.41) is 3.13. The second kappa shape index (κ2) is 7.47. The molecule has 2 fully saturated rings. The molecular weight excluding hydrogens is 278 g/mol. The average Bonchev–Trinajstić information content (AvgIpc) is 2.98. The zero-order valence-corrected chi connectivity index (χ0v) is 13.7. The standard InChI is InChI=1S/C17H29N3O2/c1-14(11-19-6-8-22-9-7-19)10-18-17(21)20-12-15-4-2-3-5-16(15)13-20/h2-3,14-16H,4-13H2,1H3,(H,18,21)/t14-,15-,16+/m1/s1. The highest BCUT2D eigenvalue weighted by atomic mass is 16.5. The largest absolute Gasteiger partial charge is 0.379 e. The van der Waals surface area contributed by atoms with Gasteiger partial charge in [0.25, 0.3) is 0 Å². The molecule has 5 heteroatoms. The first-order valence-corrected chi connectivity index (χ1v) is 8.70. The number of nitrogens with one attached hydrogen (secondary N) is 1. The molecule has 2 amide bonds. The van der Waals surface area contributed by atoms with Gasteiger partial charge in [-0.25, -0.2) is 4.79 Å². The molecule has 0 aromatic rings. The Kier molecular flexibility index (Phi) is 5.37. The second-order valence-corrected chi connectivity index (χ2v) is 7.07.